The third-order valence-corrected chi connectivity index (χ3v) is 5.46. The summed E-state index contributed by atoms with van der Waals surface area (Å²) < 4.78 is 32.2. The molecule has 0 radical (unpaired) electrons. The predicted octanol–water partition coefficient (Wildman–Crippen LogP) is 0.134. The number of hydrogen-bond donors (Lipinski definition) is 3. The molecule has 1 aliphatic heterocycles. The van der Waals surface area contributed by atoms with Gasteiger partial charge in [0.15, 0.2) is 0 Å². The van der Waals surface area contributed by atoms with Crippen LogP contribution in [0, 0.1) is 0 Å². The number of ether oxygens (including phenoxy) is 1. The second-order valence-electron chi connectivity index (χ2n) is 4.84. The van der Waals surface area contributed by atoms with Crippen LogP contribution in [-0.2, 0) is 14.8 Å². The lowest BCUT2D eigenvalue weighted by Gasteiger charge is -2.31. The molecule has 1 aromatic carbocycles. The monoisotopic (exact) mass is 315 g/mol. The number of hydrogen-bond acceptors (Lipinski definition) is 6. The first-order valence-corrected chi connectivity index (χ1v) is 8.32. The number of sulfonamides is 1. The zero-order valence-electron chi connectivity index (χ0n) is 11.7. The number of benzene rings is 1. The smallest absolute Gasteiger partial charge is 0.245 e. The molecule has 0 aromatic heterocycles. The molecule has 4 N–H and O–H groups in total. The largest absolute Gasteiger partial charge is 0.394 e. The standard InChI is InChI=1S/C13H21N3O4S/c14-15-12-3-1-2-4-13(12)21(18,19)16-7-5-11(6-8-16)20-10-9-17/h1-4,11,15,17H,5-10,14H2. The highest BCUT2D eigenvalue weighted by atomic mass is 32.2. The molecule has 0 spiro atoms. The average molecular weight is 315 g/mol. The van der Waals surface area contributed by atoms with E-state index in [2.05, 4.69) is 5.43 Å². The molecule has 1 aliphatic rings. The summed E-state index contributed by atoms with van der Waals surface area (Å²) in [7, 11) is -3.56. The number of nitrogen functional groups attached to an aromatic ring is 1. The minimum absolute atomic E-state index is 0.00600. The number of nitrogens with two attached hydrogens (primary N) is 1. The fourth-order valence-electron chi connectivity index (χ4n) is 2.41. The second-order valence-corrected chi connectivity index (χ2v) is 6.74. The van der Waals surface area contributed by atoms with Gasteiger partial charge in [-0.25, -0.2) is 8.42 Å². The lowest BCUT2D eigenvalue weighted by Crippen LogP contribution is -2.41. The van der Waals surface area contributed by atoms with E-state index in [0.29, 0.717) is 31.6 Å². The minimum atomic E-state index is -3.56. The molecule has 0 atom stereocenters. The molecule has 7 nitrogen and oxygen atoms in total. The van der Waals surface area contributed by atoms with Crippen LogP contribution in [0.25, 0.3) is 0 Å². The van der Waals surface area contributed by atoms with Crippen LogP contribution >= 0.6 is 0 Å². The number of anilines is 1. The second kappa shape index (κ2) is 7.19. The number of aliphatic hydroxyl groups excluding tert-OH is 1. The van der Waals surface area contributed by atoms with Crippen LogP contribution in [0.4, 0.5) is 5.69 Å². The lowest BCUT2D eigenvalue weighted by molar-refractivity contribution is 0.00319. The maximum atomic E-state index is 12.6. The molecule has 118 valence electrons. The summed E-state index contributed by atoms with van der Waals surface area (Å²) in [6.45, 7) is 1.07. The Kier molecular flexibility index (Phi) is 5.54. The minimum Gasteiger partial charge on any atom is -0.394 e. The van der Waals surface area contributed by atoms with E-state index >= 15 is 0 Å². The van der Waals surface area contributed by atoms with Crippen molar-refractivity contribution < 1.29 is 18.3 Å². The number of hydrazine groups is 1. The van der Waals surface area contributed by atoms with Gasteiger partial charge in [-0.05, 0) is 25.0 Å². The van der Waals surface area contributed by atoms with Crippen molar-refractivity contribution in [1.82, 2.24) is 4.31 Å². The zero-order valence-corrected chi connectivity index (χ0v) is 12.6. The van der Waals surface area contributed by atoms with Crippen molar-refractivity contribution in [2.75, 3.05) is 31.7 Å². The first-order chi connectivity index (χ1) is 10.1. The molecule has 0 bridgehead atoms. The average Bonchev–Trinajstić information content (AvgIpc) is 2.53. The Hall–Kier alpha value is -1.19. The number of para-hydroxylation sites is 1. The highest BCUT2D eigenvalue weighted by Crippen LogP contribution is 2.26. The number of aliphatic hydroxyl groups is 1. The molecule has 1 aromatic rings. The van der Waals surface area contributed by atoms with E-state index in [4.69, 9.17) is 15.7 Å². The van der Waals surface area contributed by atoms with E-state index < -0.39 is 10.0 Å². The van der Waals surface area contributed by atoms with E-state index in [1.165, 1.54) is 4.31 Å². The third kappa shape index (κ3) is 3.72. The highest BCUT2D eigenvalue weighted by Gasteiger charge is 2.31. The van der Waals surface area contributed by atoms with Crippen LogP contribution in [0.15, 0.2) is 29.2 Å². The van der Waals surface area contributed by atoms with Gasteiger partial charge in [0.1, 0.15) is 4.90 Å². The molecule has 0 amide bonds. The molecular formula is C13H21N3O4S. The lowest BCUT2D eigenvalue weighted by atomic mass is 10.1. The quantitative estimate of drug-likeness (QED) is 0.509. The SMILES string of the molecule is NNc1ccccc1S(=O)(=O)N1CCC(OCCO)CC1. The van der Waals surface area contributed by atoms with E-state index in [9.17, 15) is 8.42 Å². The van der Waals surface area contributed by atoms with Crippen LogP contribution < -0.4 is 11.3 Å². The fourth-order valence-corrected chi connectivity index (χ4v) is 4.03. The van der Waals surface area contributed by atoms with Gasteiger partial charge in [0, 0.05) is 13.1 Å². The Balaban J connectivity index is 2.08. The van der Waals surface area contributed by atoms with Gasteiger partial charge in [0.25, 0.3) is 0 Å². The first kappa shape index (κ1) is 16.2. The van der Waals surface area contributed by atoms with Crippen LogP contribution in [0.5, 0.6) is 0 Å². The van der Waals surface area contributed by atoms with Gasteiger partial charge in [-0.3, -0.25) is 5.84 Å². The Morgan fingerprint density at radius 2 is 2.00 bits per heavy atom. The Bertz CT molecular complexity index is 556. The third-order valence-electron chi connectivity index (χ3n) is 3.51. The van der Waals surface area contributed by atoms with Gasteiger partial charge in [-0.2, -0.15) is 4.31 Å². The van der Waals surface area contributed by atoms with Crippen molar-refractivity contribution in [2.24, 2.45) is 5.84 Å². The van der Waals surface area contributed by atoms with E-state index in [0.717, 1.165) is 0 Å². The predicted molar refractivity (Wildman–Crippen MR) is 79.1 cm³/mol. The molecule has 0 unspecified atom stereocenters. The van der Waals surface area contributed by atoms with Crippen molar-refractivity contribution in [1.29, 1.82) is 0 Å². The van der Waals surface area contributed by atoms with Crippen molar-refractivity contribution in [3.05, 3.63) is 24.3 Å². The molecule has 1 fully saturated rings. The van der Waals surface area contributed by atoms with Gasteiger partial charge in [0.05, 0.1) is 25.0 Å². The summed E-state index contributed by atoms with van der Waals surface area (Å²) in [4.78, 5) is 0.183. The molecule has 0 aliphatic carbocycles. The van der Waals surface area contributed by atoms with Gasteiger partial charge in [-0.15, -0.1) is 0 Å². The van der Waals surface area contributed by atoms with Crippen LogP contribution in [0.2, 0.25) is 0 Å². The summed E-state index contributed by atoms with van der Waals surface area (Å²) in [6.07, 6.45) is 1.25. The van der Waals surface area contributed by atoms with Crippen LogP contribution in [0.3, 0.4) is 0 Å². The Labute approximate surface area is 124 Å². The van der Waals surface area contributed by atoms with Crippen molar-refractivity contribution in [3.63, 3.8) is 0 Å². The van der Waals surface area contributed by atoms with E-state index in [1.54, 1.807) is 24.3 Å². The Morgan fingerprint density at radius 3 is 2.62 bits per heavy atom. The fraction of sp³-hybridized carbons (Fsp3) is 0.538. The summed E-state index contributed by atoms with van der Waals surface area (Å²) >= 11 is 0. The van der Waals surface area contributed by atoms with Crippen molar-refractivity contribution >= 4 is 15.7 Å². The van der Waals surface area contributed by atoms with Gasteiger partial charge in [0.2, 0.25) is 10.0 Å². The molecule has 1 heterocycles. The van der Waals surface area contributed by atoms with Crippen molar-refractivity contribution in [2.45, 2.75) is 23.8 Å². The maximum absolute atomic E-state index is 12.6. The summed E-state index contributed by atoms with van der Waals surface area (Å²) in [5, 5.41) is 8.73. The highest BCUT2D eigenvalue weighted by molar-refractivity contribution is 7.89. The Morgan fingerprint density at radius 1 is 1.33 bits per heavy atom. The summed E-state index contributed by atoms with van der Waals surface area (Å²) in [5.41, 5.74) is 2.80. The first-order valence-electron chi connectivity index (χ1n) is 6.88. The summed E-state index contributed by atoms with van der Waals surface area (Å²) in [6, 6.07) is 6.57. The molecule has 8 heteroatoms. The zero-order chi connectivity index (χ0) is 15.3. The van der Waals surface area contributed by atoms with Gasteiger partial charge in [-0.1, -0.05) is 12.1 Å². The molecule has 2 rings (SSSR count). The topological polar surface area (TPSA) is 105 Å². The van der Waals surface area contributed by atoms with Crippen LogP contribution in [-0.4, -0.2) is 50.2 Å². The maximum Gasteiger partial charge on any atom is 0.245 e. The van der Waals surface area contributed by atoms with Crippen LogP contribution in [0.1, 0.15) is 12.8 Å². The molecule has 1 saturated heterocycles. The van der Waals surface area contributed by atoms with Crippen molar-refractivity contribution in [3.8, 4) is 0 Å². The van der Waals surface area contributed by atoms with E-state index in [1.807, 2.05) is 0 Å². The van der Waals surface area contributed by atoms with Gasteiger partial charge < -0.3 is 15.3 Å². The number of piperidine rings is 1. The molecule has 21 heavy (non-hydrogen) atoms. The number of nitrogens with zero attached hydrogens (tertiary/aromatic N) is 1. The van der Waals surface area contributed by atoms with Gasteiger partial charge >= 0.3 is 0 Å². The summed E-state index contributed by atoms with van der Waals surface area (Å²) in [5.74, 6) is 5.38. The molecular weight excluding hydrogens is 294 g/mol. The van der Waals surface area contributed by atoms with E-state index in [-0.39, 0.29) is 24.2 Å². The molecule has 0 saturated carbocycles. The number of nitrogens with one attached hydrogen (secondary N) is 1. The number of rotatable bonds is 6. The normalized spacial score (nSPS) is 17.8.